The van der Waals surface area contributed by atoms with E-state index < -0.39 is 0 Å². The minimum Gasteiger partial charge on any atom is -0.492 e. The number of hydrogen-bond acceptors (Lipinski definition) is 3. The van der Waals surface area contributed by atoms with Crippen molar-refractivity contribution in [2.75, 3.05) is 26.3 Å². The average molecular weight is 253 g/mol. The van der Waals surface area contributed by atoms with E-state index in [0.29, 0.717) is 24.0 Å². The smallest absolute Gasteiger partial charge is 0.129 e. The molecule has 1 heterocycles. The van der Waals surface area contributed by atoms with Crippen LogP contribution in [-0.2, 0) is 4.74 Å². The van der Waals surface area contributed by atoms with Crippen LogP contribution in [-0.4, -0.2) is 32.4 Å². The molecule has 18 heavy (non-hydrogen) atoms. The van der Waals surface area contributed by atoms with Crippen LogP contribution in [0.15, 0.2) is 18.2 Å². The molecule has 100 valence electrons. The van der Waals surface area contributed by atoms with Gasteiger partial charge in [0.25, 0.3) is 0 Å². The van der Waals surface area contributed by atoms with Crippen molar-refractivity contribution in [3.8, 4) is 5.75 Å². The van der Waals surface area contributed by atoms with Gasteiger partial charge in [-0.3, -0.25) is 0 Å². The quantitative estimate of drug-likeness (QED) is 0.789. The first-order valence-corrected chi connectivity index (χ1v) is 6.47. The van der Waals surface area contributed by atoms with Gasteiger partial charge in [-0.1, -0.05) is 6.07 Å². The molecule has 1 atom stereocenters. The molecule has 0 bridgehead atoms. The highest BCUT2D eigenvalue weighted by atomic mass is 19.1. The minimum atomic E-state index is -0.222. The predicted molar refractivity (Wildman–Crippen MR) is 68.5 cm³/mol. The zero-order valence-electron chi connectivity index (χ0n) is 10.7. The van der Waals surface area contributed by atoms with Gasteiger partial charge < -0.3 is 14.8 Å². The van der Waals surface area contributed by atoms with Gasteiger partial charge in [-0.15, -0.1) is 0 Å². The Morgan fingerprint density at radius 1 is 1.50 bits per heavy atom. The first-order valence-electron chi connectivity index (χ1n) is 6.47. The summed E-state index contributed by atoms with van der Waals surface area (Å²) in [7, 11) is 0. The Morgan fingerprint density at radius 2 is 2.39 bits per heavy atom. The van der Waals surface area contributed by atoms with Gasteiger partial charge >= 0.3 is 0 Å². The van der Waals surface area contributed by atoms with Gasteiger partial charge in [0.05, 0.1) is 6.10 Å². The van der Waals surface area contributed by atoms with Gasteiger partial charge in [-0.2, -0.15) is 0 Å². The molecule has 0 radical (unpaired) electrons. The van der Waals surface area contributed by atoms with Crippen molar-refractivity contribution >= 4 is 0 Å². The molecule has 0 saturated carbocycles. The van der Waals surface area contributed by atoms with E-state index in [2.05, 4.69) is 5.32 Å². The molecule has 0 aromatic heterocycles. The van der Waals surface area contributed by atoms with Gasteiger partial charge in [-0.05, 0) is 31.4 Å². The van der Waals surface area contributed by atoms with Crippen molar-refractivity contribution in [1.29, 1.82) is 0 Å². The Balaban J connectivity index is 1.61. The number of aryl methyl sites for hydroxylation is 1. The Kier molecular flexibility index (Phi) is 4.96. The maximum Gasteiger partial charge on any atom is 0.129 e. The normalized spacial score (nSPS) is 19.1. The second-order valence-corrected chi connectivity index (χ2v) is 4.60. The standard InChI is InChI=1S/C14H20FNO2/c1-11-4-5-12(9-14(11)15)18-8-6-16-10-13-3-2-7-17-13/h4-5,9,13,16H,2-3,6-8,10H2,1H3. The van der Waals surface area contributed by atoms with Crippen molar-refractivity contribution in [2.24, 2.45) is 0 Å². The van der Waals surface area contributed by atoms with Crippen LogP contribution in [0.2, 0.25) is 0 Å². The Morgan fingerprint density at radius 3 is 3.11 bits per heavy atom. The van der Waals surface area contributed by atoms with E-state index >= 15 is 0 Å². The maximum atomic E-state index is 13.2. The first kappa shape index (κ1) is 13.3. The lowest BCUT2D eigenvalue weighted by Gasteiger charge is -2.11. The van der Waals surface area contributed by atoms with E-state index in [1.54, 1.807) is 19.1 Å². The fourth-order valence-corrected chi connectivity index (χ4v) is 1.97. The highest BCUT2D eigenvalue weighted by Crippen LogP contribution is 2.15. The van der Waals surface area contributed by atoms with Crippen LogP contribution < -0.4 is 10.1 Å². The van der Waals surface area contributed by atoms with Crippen LogP contribution in [0.1, 0.15) is 18.4 Å². The topological polar surface area (TPSA) is 30.5 Å². The van der Waals surface area contributed by atoms with Gasteiger partial charge in [0.2, 0.25) is 0 Å². The lowest BCUT2D eigenvalue weighted by Crippen LogP contribution is -2.29. The fraction of sp³-hybridized carbons (Fsp3) is 0.571. The van der Waals surface area contributed by atoms with Gasteiger partial charge in [0.1, 0.15) is 18.2 Å². The third-order valence-corrected chi connectivity index (χ3v) is 3.09. The van der Waals surface area contributed by atoms with E-state index in [4.69, 9.17) is 9.47 Å². The summed E-state index contributed by atoms with van der Waals surface area (Å²) in [5.74, 6) is 0.358. The first-order chi connectivity index (χ1) is 8.75. The highest BCUT2D eigenvalue weighted by Gasteiger charge is 2.14. The molecule has 0 aliphatic carbocycles. The largest absolute Gasteiger partial charge is 0.492 e. The zero-order valence-corrected chi connectivity index (χ0v) is 10.7. The third kappa shape index (κ3) is 3.96. The molecule has 3 nitrogen and oxygen atoms in total. The zero-order chi connectivity index (χ0) is 12.8. The van der Waals surface area contributed by atoms with E-state index in [1.165, 1.54) is 6.07 Å². The summed E-state index contributed by atoms with van der Waals surface area (Å²) in [5, 5.41) is 3.28. The van der Waals surface area contributed by atoms with Crippen molar-refractivity contribution in [3.63, 3.8) is 0 Å². The van der Waals surface area contributed by atoms with E-state index in [0.717, 1.165) is 32.5 Å². The molecule has 1 aliphatic heterocycles. The lowest BCUT2D eigenvalue weighted by atomic mass is 10.2. The van der Waals surface area contributed by atoms with Crippen molar-refractivity contribution < 1.29 is 13.9 Å². The molecule has 1 unspecified atom stereocenters. The maximum absolute atomic E-state index is 13.2. The average Bonchev–Trinajstić information content (AvgIpc) is 2.86. The molecule has 1 fully saturated rings. The molecule has 2 rings (SSSR count). The van der Waals surface area contributed by atoms with Crippen LogP contribution in [0.4, 0.5) is 4.39 Å². The summed E-state index contributed by atoms with van der Waals surface area (Å²) in [6, 6.07) is 4.94. The fourth-order valence-electron chi connectivity index (χ4n) is 1.97. The summed E-state index contributed by atoms with van der Waals surface area (Å²) in [5.41, 5.74) is 0.638. The van der Waals surface area contributed by atoms with E-state index in [9.17, 15) is 4.39 Å². The molecule has 0 amide bonds. The van der Waals surface area contributed by atoms with Crippen molar-refractivity contribution in [1.82, 2.24) is 5.32 Å². The molecule has 1 N–H and O–H groups in total. The molecular weight excluding hydrogens is 233 g/mol. The lowest BCUT2D eigenvalue weighted by molar-refractivity contribution is 0.109. The summed E-state index contributed by atoms with van der Waals surface area (Å²) in [6.45, 7) is 4.77. The summed E-state index contributed by atoms with van der Waals surface area (Å²) >= 11 is 0. The number of hydrogen-bond donors (Lipinski definition) is 1. The second-order valence-electron chi connectivity index (χ2n) is 4.60. The van der Waals surface area contributed by atoms with E-state index in [-0.39, 0.29) is 5.82 Å². The predicted octanol–water partition coefficient (Wildman–Crippen LogP) is 2.28. The number of ether oxygens (including phenoxy) is 2. The number of benzene rings is 1. The molecule has 1 aromatic carbocycles. The summed E-state index contributed by atoms with van der Waals surface area (Å²) in [4.78, 5) is 0. The monoisotopic (exact) mass is 253 g/mol. The number of rotatable bonds is 6. The number of halogens is 1. The summed E-state index contributed by atoms with van der Waals surface area (Å²) < 4.78 is 24.2. The van der Waals surface area contributed by atoms with Crippen LogP contribution in [0.25, 0.3) is 0 Å². The van der Waals surface area contributed by atoms with Crippen LogP contribution in [0, 0.1) is 12.7 Å². The number of nitrogens with one attached hydrogen (secondary N) is 1. The SMILES string of the molecule is Cc1ccc(OCCNCC2CCCO2)cc1F. The molecule has 1 saturated heterocycles. The highest BCUT2D eigenvalue weighted by molar-refractivity contribution is 5.27. The third-order valence-electron chi connectivity index (χ3n) is 3.09. The van der Waals surface area contributed by atoms with Crippen LogP contribution in [0.5, 0.6) is 5.75 Å². The minimum absolute atomic E-state index is 0.222. The Bertz CT molecular complexity index is 378. The molecule has 1 aliphatic rings. The van der Waals surface area contributed by atoms with Crippen molar-refractivity contribution in [3.05, 3.63) is 29.6 Å². The van der Waals surface area contributed by atoms with E-state index in [1.807, 2.05) is 0 Å². The molecular formula is C14H20FNO2. The van der Waals surface area contributed by atoms with Gasteiger partial charge in [0.15, 0.2) is 0 Å². The molecule has 4 heteroatoms. The Hall–Kier alpha value is -1.13. The van der Waals surface area contributed by atoms with Crippen molar-refractivity contribution in [2.45, 2.75) is 25.9 Å². The second kappa shape index (κ2) is 6.71. The van der Waals surface area contributed by atoms with Gasteiger partial charge in [-0.25, -0.2) is 4.39 Å². The summed E-state index contributed by atoms with van der Waals surface area (Å²) in [6.07, 6.45) is 2.64. The molecule has 0 spiro atoms. The molecule has 1 aromatic rings. The van der Waals surface area contributed by atoms with Crippen LogP contribution >= 0.6 is 0 Å². The van der Waals surface area contributed by atoms with Gasteiger partial charge in [0, 0.05) is 25.8 Å². The Labute approximate surface area is 107 Å². The van der Waals surface area contributed by atoms with Crippen LogP contribution in [0.3, 0.4) is 0 Å².